The first kappa shape index (κ1) is 18.5. The maximum atomic E-state index is 12.8. The molecule has 142 valence electrons. The average molecular weight is 370 g/mol. The largest absolute Gasteiger partial charge is 0.471 e. The number of alkyl halides is 3. The predicted molar refractivity (Wildman–Crippen MR) is 87.6 cm³/mol. The zero-order chi connectivity index (χ0) is 18.7. The average Bonchev–Trinajstić information content (AvgIpc) is 3.10. The van der Waals surface area contributed by atoms with Crippen molar-refractivity contribution >= 4 is 12.0 Å². The maximum absolute atomic E-state index is 12.8. The minimum absolute atomic E-state index is 0.0702. The van der Waals surface area contributed by atoms with Gasteiger partial charge < -0.3 is 14.5 Å². The van der Waals surface area contributed by atoms with Gasteiger partial charge in [-0.15, -0.1) is 0 Å². The van der Waals surface area contributed by atoms with Gasteiger partial charge in [-0.2, -0.15) is 13.2 Å². The van der Waals surface area contributed by atoms with Gasteiger partial charge in [-0.3, -0.25) is 4.79 Å². The van der Waals surface area contributed by atoms with Crippen molar-refractivity contribution in [2.24, 2.45) is 0 Å². The highest BCUT2D eigenvalue weighted by Gasteiger charge is 2.46. The Kier molecular flexibility index (Phi) is 5.38. The van der Waals surface area contributed by atoms with E-state index in [2.05, 4.69) is 0 Å². The second kappa shape index (κ2) is 7.55. The van der Waals surface area contributed by atoms with E-state index >= 15 is 0 Å². The Balaban J connectivity index is 1.72. The van der Waals surface area contributed by atoms with Gasteiger partial charge in [0, 0.05) is 19.6 Å². The van der Waals surface area contributed by atoms with Crippen LogP contribution in [0.2, 0.25) is 0 Å². The molecule has 2 aliphatic rings. The summed E-state index contributed by atoms with van der Waals surface area (Å²) in [5.41, 5.74) is 0.545. The van der Waals surface area contributed by atoms with Gasteiger partial charge in [-0.1, -0.05) is 12.1 Å². The van der Waals surface area contributed by atoms with Crippen molar-refractivity contribution in [2.75, 3.05) is 19.6 Å². The van der Waals surface area contributed by atoms with Crippen molar-refractivity contribution in [3.05, 3.63) is 29.8 Å². The molecule has 0 N–H and O–H groups in total. The Hall–Kier alpha value is -2.25. The Labute approximate surface area is 149 Å². The molecule has 2 heterocycles. The maximum Gasteiger partial charge on any atom is 0.471 e. The fourth-order valence-electron chi connectivity index (χ4n) is 3.55. The molecule has 8 heteroatoms. The number of likely N-dealkylation sites (tertiary alicyclic amines) is 2. The molecule has 26 heavy (non-hydrogen) atoms. The van der Waals surface area contributed by atoms with Crippen LogP contribution in [-0.2, 0) is 4.79 Å². The van der Waals surface area contributed by atoms with E-state index in [4.69, 9.17) is 4.74 Å². The first-order chi connectivity index (χ1) is 12.4. The lowest BCUT2D eigenvalue weighted by Gasteiger charge is -2.27. The minimum Gasteiger partial charge on any atom is -0.410 e. The topological polar surface area (TPSA) is 49.9 Å². The van der Waals surface area contributed by atoms with Gasteiger partial charge in [0.05, 0.1) is 6.04 Å². The smallest absolute Gasteiger partial charge is 0.410 e. The molecule has 2 amide bonds. The van der Waals surface area contributed by atoms with E-state index in [9.17, 15) is 22.8 Å². The predicted octanol–water partition coefficient (Wildman–Crippen LogP) is 3.90. The van der Waals surface area contributed by atoms with Gasteiger partial charge in [0.1, 0.15) is 5.75 Å². The standard InChI is InChI=1S/C18H21F3N2O3/c19-18(20,21)16(24)23-11-5-8-15(23)13-6-4-7-14(12-13)26-17(25)22-9-2-1-3-10-22/h4,6-7,12,15H,1-3,5,8-11H2/t15-/m1/s1. The SMILES string of the molecule is O=C(Oc1cccc([C@H]2CCCN2C(=O)C(F)(F)F)c1)N1CCCCC1. The van der Waals surface area contributed by atoms with Gasteiger partial charge in [0.2, 0.25) is 0 Å². The van der Waals surface area contributed by atoms with Crippen LogP contribution < -0.4 is 4.74 Å². The van der Waals surface area contributed by atoms with Gasteiger partial charge in [0.25, 0.3) is 0 Å². The zero-order valence-electron chi connectivity index (χ0n) is 14.3. The molecule has 1 aromatic carbocycles. The van der Waals surface area contributed by atoms with Crippen LogP contribution in [0.4, 0.5) is 18.0 Å². The molecular weight excluding hydrogens is 349 g/mol. The van der Waals surface area contributed by atoms with Gasteiger partial charge in [-0.25, -0.2) is 4.79 Å². The lowest BCUT2D eigenvalue weighted by atomic mass is 10.0. The van der Waals surface area contributed by atoms with Crippen molar-refractivity contribution in [1.82, 2.24) is 9.80 Å². The van der Waals surface area contributed by atoms with E-state index in [1.54, 1.807) is 29.2 Å². The number of hydrogen-bond donors (Lipinski definition) is 0. The molecule has 0 spiro atoms. The summed E-state index contributed by atoms with van der Waals surface area (Å²) in [6.45, 7) is 1.37. The lowest BCUT2D eigenvalue weighted by Crippen LogP contribution is -2.40. The van der Waals surface area contributed by atoms with E-state index < -0.39 is 24.2 Å². The second-order valence-corrected chi connectivity index (χ2v) is 6.64. The number of piperidine rings is 1. The monoisotopic (exact) mass is 370 g/mol. The number of nitrogens with zero attached hydrogens (tertiary/aromatic N) is 2. The minimum atomic E-state index is -4.89. The summed E-state index contributed by atoms with van der Waals surface area (Å²) in [6, 6.07) is 5.77. The third-order valence-corrected chi connectivity index (χ3v) is 4.82. The van der Waals surface area contributed by atoms with Gasteiger partial charge in [0.15, 0.2) is 0 Å². The molecule has 2 aliphatic heterocycles. The molecule has 1 atom stereocenters. The summed E-state index contributed by atoms with van der Waals surface area (Å²) >= 11 is 0. The van der Waals surface area contributed by atoms with Crippen molar-refractivity contribution < 1.29 is 27.5 Å². The summed E-state index contributed by atoms with van der Waals surface area (Å²) < 4.78 is 43.7. The molecule has 3 rings (SSSR count). The summed E-state index contributed by atoms with van der Waals surface area (Å²) in [5.74, 6) is -1.54. The molecule has 1 aromatic rings. The second-order valence-electron chi connectivity index (χ2n) is 6.64. The molecule has 2 fully saturated rings. The molecule has 0 aliphatic carbocycles. The molecule has 0 aromatic heterocycles. The highest BCUT2D eigenvalue weighted by molar-refractivity contribution is 5.82. The van der Waals surface area contributed by atoms with Crippen LogP contribution in [0.3, 0.4) is 0 Å². The van der Waals surface area contributed by atoms with Crippen molar-refractivity contribution in [2.45, 2.75) is 44.3 Å². The lowest BCUT2D eigenvalue weighted by molar-refractivity contribution is -0.186. The highest BCUT2D eigenvalue weighted by atomic mass is 19.4. The Morgan fingerprint density at radius 3 is 2.46 bits per heavy atom. The van der Waals surface area contributed by atoms with Crippen LogP contribution in [0.25, 0.3) is 0 Å². The quantitative estimate of drug-likeness (QED) is 0.793. The van der Waals surface area contributed by atoms with Crippen LogP contribution in [0, 0.1) is 0 Å². The number of amides is 2. The van der Waals surface area contributed by atoms with Crippen LogP contribution >= 0.6 is 0 Å². The molecule has 0 unspecified atom stereocenters. The van der Waals surface area contributed by atoms with Crippen LogP contribution in [0.1, 0.15) is 43.7 Å². The van der Waals surface area contributed by atoms with Gasteiger partial charge in [-0.05, 0) is 49.8 Å². The summed E-state index contributed by atoms with van der Waals surface area (Å²) in [5, 5.41) is 0. The number of benzene rings is 1. The van der Waals surface area contributed by atoms with E-state index in [1.807, 2.05) is 0 Å². The molecule has 5 nitrogen and oxygen atoms in total. The number of halogens is 3. The van der Waals surface area contributed by atoms with Crippen molar-refractivity contribution in [1.29, 1.82) is 0 Å². The summed E-state index contributed by atoms with van der Waals surface area (Å²) in [6.07, 6.45) is -1.42. The first-order valence-corrected chi connectivity index (χ1v) is 8.81. The van der Waals surface area contributed by atoms with Crippen molar-refractivity contribution in [3.63, 3.8) is 0 Å². The number of ether oxygens (including phenoxy) is 1. The molecular formula is C18H21F3N2O3. The molecule has 0 radical (unpaired) electrons. The fourth-order valence-corrected chi connectivity index (χ4v) is 3.55. The van der Waals surface area contributed by atoms with E-state index in [0.717, 1.165) is 24.2 Å². The van der Waals surface area contributed by atoms with Crippen LogP contribution in [0.15, 0.2) is 24.3 Å². The Morgan fingerprint density at radius 2 is 1.77 bits per heavy atom. The Morgan fingerprint density at radius 1 is 1.04 bits per heavy atom. The molecule has 2 saturated heterocycles. The highest BCUT2D eigenvalue weighted by Crippen LogP contribution is 2.36. The van der Waals surface area contributed by atoms with Gasteiger partial charge >= 0.3 is 18.2 Å². The number of carbonyl (C=O) groups excluding carboxylic acids is 2. The molecule has 0 saturated carbocycles. The third-order valence-electron chi connectivity index (χ3n) is 4.82. The summed E-state index contributed by atoms with van der Waals surface area (Å²) in [7, 11) is 0. The van der Waals surface area contributed by atoms with Crippen LogP contribution in [-0.4, -0.2) is 47.6 Å². The van der Waals surface area contributed by atoms with E-state index in [-0.39, 0.29) is 12.3 Å². The first-order valence-electron chi connectivity index (χ1n) is 8.81. The summed E-state index contributed by atoms with van der Waals surface area (Å²) in [4.78, 5) is 26.3. The van der Waals surface area contributed by atoms with E-state index in [1.165, 1.54) is 0 Å². The normalized spacial score (nSPS) is 21.0. The van der Waals surface area contributed by atoms with Crippen LogP contribution in [0.5, 0.6) is 5.75 Å². The zero-order valence-corrected chi connectivity index (χ0v) is 14.3. The molecule has 0 bridgehead atoms. The Bertz CT molecular complexity index is 672. The van der Waals surface area contributed by atoms with Crippen molar-refractivity contribution in [3.8, 4) is 5.75 Å². The fraction of sp³-hybridized carbons (Fsp3) is 0.556. The number of carbonyl (C=O) groups is 2. The number of rotatable bonds is 2. The number of hydrogen-bond acceptors (Lipinski definition) is 3. The third kappa shape index (κ3) is 4.11. The van der Waals surface area contributed by atoms with E-state index in [0.29, 0.717) is 31.5 Å².